The van der Waals surface area contributed by atoms with Crippen molar-refractivity contribution in [3.8, 4) is 0 Å². The average Bonchev–Trinajstić information content (AvgIpc) is 2.39. The van der Waals surface area contributed by atoms with Crippen LogP contribution in [0.1, 0.15) is 50.7 Å². The molecule has 1 heterocycles. The minimum absolute atomic E-state index is 0.313. The molecule has 1 fully saturated rings. The minimum atomic E-state index is -0.313. The molecule has 1 atom stereocenters. The summed E-state index contributed by atoms with van der Waals surface area (Å²) in [6, 6.07) is 3.87. The van der Waals surface area contributed by atoms with Crippen LogP contribution in [0.4, 0.5) is 0 Å². The molecule has 1 aromatic heterocycles. The van der Waals surface area contributed by atoms with Crippen molar-refractivity contribution in [2.45, 2.75) is 45.1 Å². The van der Waals surface area contributed by atoms with Crippen LogP contribution in [0.3, 0.4) is 0 Å². The predicted octanol–water partition coefficient (Wildman–Crippen LogP) is 3.33. The van der Waals surface area contributed by atoms with Crippen LogP contribution in [0, 0.1) is 11.8 Å². The number of aromatic nitrogens is 1. The van der Waals surface area contributed by atoms with Gasteiger partial charge < -0.3 is 5.11 Å². The van der Waals surface area contributed by atoms with E-state index in [2.05, 4.69) is 11.9 Å². The Labute approximate surface area is 97.7 Å². The zero-order valence-corrected chi connectivity index (χ0v) is 9.97. The van der Waals surface area contributed by atoms with Crippen LogP contribution >= 0.6 is 0 Å². The quantitative estimate of drug-likeness (QED) is 0.845. The molecule has 2 nitrogen and oxygen atoms in total. The van der Waals surface area contributed by atoms with Crippen LogP contribution in [0.5, 0.6) is 0 Å². The molecule has 0 amide bonds. The van der Waals surface area contributed by atoms with Crippen LogP contribution < -0.4 is 0 Å². The van der Waals surface area contributed by atoms with Crippen molar-refractivity contribution in [2.75, 3.05) is 0 Å². The van der Waals surface area contributed by atoms with Crippen molar-refractivity contribution in [3.05, 3.63) is 30.1 Å². The maximum Gasteiger partial charge on any atom is 0.0833 e. The molecule has 0 bridgehead atoms. The zero-order chi connectivity index (χ0) is 11.4. The van der Waals surface area contributed by atoms with Gasteiger partial charge >= 0.3 is 0 Å². The summed E-state index contributed by atoms with van der Waals surface area (Å²) in [5.74, 6) is 1.32. The highest BCUT2D eigenvalue weighted by Crippen LogP contribution is 2.37. The summed E-state index contributed by atoms with van der Waals surface area (Å²) in [6.07, 6.45) is 9.39. The van der Waals surface area contributed by atoms with Crippen molar-refractivity contribution in [1.29, 1.82) is 0 Å². The lowest BCUT2D eigenvalue weighted by Gasteiger charge is -2.31. The van der Waals surface area contributed by atoms with E-state index in [1.807, 2.05) is 12.1 Å². The number of aliphatic hydroxyl groups excluding tert-OH is 1. The van der Waals surface area contributed by atoms with Gasteiger partial charge in [-0.15, -0.1) is 0 Å². The fourth-order valence-corrected chi connectivity index (χ4v) is 2.74. The Kier molecular flexibility index (Phi) is 3.94. The van der Waals surface area contributed by atoms with E-state index >= 15 is 0 Å². The Morgan fingerprint density at radius 1 is 1.38 bits per heavy atom. The number of nitrogens with zero attached hydrogens (tertiary/aromatic N) is 1. The molecule has 0 aromatic carbocycles. The number of hydrogen-bond donors (Lipinski definition) is 1. The maximum atomic E-state index is 10.3. The van der Waals surface area contributed by atoms with Gasteiger partial charge in [-0.2, -0.15) is 0 Å². The third-order valence-corrected chi connectivity index (χ3v) is 3.94. The van der Waals surface area contributed by atoms with Crippen LogP contribution in [0.2, 0.25) is 0 Å². The molecule has 1 N–H and O–H groups in total. The molecule has 1 aromatic rings. The van der Waals surface area contributed by atoms with Gasteiger partial charge in [-0.1, -0.05) is 32.3 Å². The first-order valence-corrected chi connectivity index (χ1v) is 6.39. The number of rotatable bonds is 3. The van der Waals surface area contributed by atoms with E-state index in [4.69, 9.17) is 0 Å². The molecule has 0 radical (unpaired) electrons. The first-order valence-electron chi connectivity index (χ1n) is 6.39. The second-order valence-electron chi connectivity index (χ2n) is 4.92. The maximum absolute atomic E-state index is 10.3. The largest absolute Gasteiger partial charge is 0.388 e. The fraction of sp³-hybridized carbons (Fsp3) is 0.643. The van der Waals surface area contributed by atoms with Crippen LogP contribution in [0.15, 0.2) is 24.5 Å². The lowest BCUT2D eigenvalue weighted by molar-refractivity contribution is 0.0727. The van der Waals surface area contributed by atoms with Gasteiger partial charge in [0.25, 0.3) is 0 Å². The van der Waals surface area contributed by atoms with Crippen molar-refractivity contribution in [1.82, 2.24) is 4.98 Å². The molecular formula is C14H21NO. The summed E-state index contributed by atoms with van der Waals surface area (Å²) in [5, 5.41) is 10.3. The lowest BCUT2D eigenvalue weighted by atomic mass is 9.77. The van der Waals surface area contributed by atoms with Gasteiger partial charge in [-0.3, -0.25) is 4.98 Å². The summed E-state index contributed by atoms with van der Waals surface area (Å²) < 4.78 is 0. The van der Waals surface area contributed by atoms with Crippen molar-refractivity contribution >= 4 is 0 Å². The Morgan fingerprint density at radius 3 is 2.69 bits per heavy atom. The van der Waals surface area contributed by atoms with Gasteiger partial charge in [0.1, 0.15) is 0 Å². The highest BCUT2D eigenvalue weighted by atomic mass is 16.3. The molecule has 2 rings (SSSR count). The summed E-state index contributed by atoms with van der Waals surface area (Å²) in [5.41, 5.74) is 0.974. The third kappa shape index (κ3) is 2.62. The van der Waals surface area contributed by atoms with Crippen molar-refractivity contribution in [3.63, 3.8) is 0 Å². The number of hydrogen-bond acceptors (Lipinski definition) is 2. The summed E-state index contributed by atoms with van der Waals surface area (Å²) >= 11 is 0. The molecule has 88 valence electrons. The van der Waals surface area contributed by atoms with Crippen molar-refractivity contribution < 1.29 is 5.11 Å². The molecule has 0 saturated heterocycles. The van der Waals surface area contributed by atoms with E-state index in [9.17, 15) is 5.11 Å². The van der Waals surface area contributed by atoms with E-state index in [1.165, 1.54) is 19.3 Å². The highest BCUT2D eigenvalue weighted by molar-refractivity contribution is 5.12. The predicted molar refractivity (Wildman–Crippen MR) is 64.9 cm³/mol. The zero-order valence-electron chi connectivity index (χ0n) is 9.97. The van der Waals surface area contributed by atoms with Gasteiger partial charge in [-0.25, -0.2) is 0 Å². The number of pyridine rings is 1. The van der Waals surface area contributed by atoms with E-state index in [1.54, 1.807) is 12.4 Å². The summed E-state index contributed by atoms with van der Waals surface area (Å²) in [6.45, 7) is 2.27. The normalized spacial score (nSPS) is 27.6. The third-order valence-electron chi connectivity index (χ3n) is 3.94. The van der Waals surface area contributed by atoms with E-state index in [-0.39, 0.29) is 6.10 Å². The van der Waals surface area contributed by atoms with Gasteiger partial charge in [0.2, 0.25) is 0 Å². The summed E-state index contributed by atoms with van der Waals surface area (Å²) in [7, 11) is 0. The van der Waals surface area contributed by atoms with Gasteiger partial charge in [0.15, 0.2) is 0 Å². The van der Waals surface area contributed by atoms with E-state index in [0.717, 1.165) is 24.3 Å². The van der Waals surface area contributed by atoms with E-state index < -0.39 is 0 Å². The van der Waals surface area contributed by atoms with Crippen LogP contribution in [0.25, 0.3) is 0 Å². The Hall–Kier alpha value is -0.890. The monoisotopic (exact) mass is 219 g/mol. The molecule has 0 spiro atoms. The van der Waals surface area contributed by atoms with Gasteiger partial charge in [0, 0.05) is 12.4 Å². The average molecular weight is 219 g/mol. The molecule has 2 heteroatoms. The SMILES string of the molecule is CCC1CCC(C(O)c2cccnc2)CC1. The topological polar surface area (TPSA) is 33.1 Å². The Bertz CT molecular complexity index is 304. The number of aliphatic hydroxyl groups is 1. The standard InChI is InChI=1S/C14H21NO/c1-2-11-5-7-12(8-6-11)14(16)13-4-3-9-15-10-13/h3-4,9-12,14,16H,2,5-8H2,1H3. The summed E-state index contributed by atoms with van der Waals surface area (Å²) in [4.78, 5) is 4.07. The lowest BCUT2D eigenvalue weighted by Crippen LogP contribution is -2.20. The molecule has 1 unspecified atom stereocenters. The van der Waals surface area contributed by atoms with Crippen molar-refractivity contribution in [2.24, 2.45) is 11.8 Å². The molecular weight excluding hydrogens is 198 g/mol. The van der Waals surface area contributed by atoms with Gasteiger partial charge in [0.05, 0.1) is 6.10 Å². The highest BCUT2D eigenvalue weighted by Gasteiger charge is 2.26. The van der Waals surface area contributed by atoms with Gasteiger partial charge in [-0.05, 0) is 36.3 Å². The molecule has 1 aliphatic rings. The first kappa shape index (κ1) is 11.6. The van der Waals surface area contributed by atoms with Crippen LogP contribution in [-0.2, 0) is 0 Å². The molecule has 16 heavy (non-hydrogen) atoms. The first-order chi connectivity index (χ1) is 7.81. The Morgan fingerprint density at radius 2 is 2.12 bits per heavy atom. The second kappa shape index (κ2) is 5.44. The molecule has 1 aliphatic carbocycles. The minimum Gasteiger partial charge on any atom is -0.388 e. The fourth-order valence-electron chi connectivity index (χ4n) is 2.74. The second-order valence-corrected chi connectivity index (χ2v) is 4.92. The smallest absolute Gasteiger partial charge is 0.0833 e. The molecule has 0 aliphatic heterocycles. The van der Waals surface area contributed by atoms with Crippen LogP contribution in [-0.4, -0.2) is 10.1 Å². The molecule has 1 saturated carbocycles. The Balaban J connectivity index is 1.94. The van der Waals surface area contributed by atoms with E-state index in [0.29, 0.717) is 5.92 Å².